The van der Waals surface area contributed by atoms with E-state index in [-0.39, 0.29) is 0 Å². The van der Waals surface area contributed by atoms with Gasteiger partial charge in [-0.2, -0.15) is 0 Å². The molecule has 116 valence electrons. The summed E-state index contributed by atoms with van der Waals surface area (Å²) in [6.07, 6.45) is 0. The molecule has 0 aliphatic heterocycles. The predicted octanol–water partition coefficient (Wildman–Crippen LogP) is 4.92. The fraction of sp³-hybridized carbons (Fsp3) is 0.0526. The zero-order valence-electron chi connectivity index (χ0n) is 12.7. The molecule has 0 aromatic heterocycles. The summed E-state index contributed by atoms with van der Waals surface area (Å²) in [6.45, 7) is 2.04. The molecule has 2 N–H and O–H groups in total. The summed E-state index contributed by atoms with van der Waals surface area (Å²) in [5.41, 5.74) is 5.04. The van der Waals surface area contributed by atoms with Crippen molar-refractivity contribution in [1.29, 1.82) is 0 Å². The Kier molecular flexibility index (Phi) is 4.73. The zero-order valence-corrected chi connectivity index (χ0v) is 13.6. The van der Waals surface area contributed by atoms with Crippen molar-refractivity contribution in [3.8, 4) is 28.0 Å². The third kappa shape index (κ3) is 3.43. The molecule has 0 spiro atoms. The third-order valence-corrected chi connectivity index (χ3v) is 4.04. The lowest BCUT2D eigenvalue weighted by Gasteiger charge is -2.18. The van der Waals surface area contributed by atoms with Crippen molar-refractivity contribution >= 4 is 8.60 Å². The van der Waals surface area contributed by atoms with E-state index in [1.165, 1.54) is 0 Å². The summed E-state index contributed by atoms with van der Waals surface area (Å²) < 4.78 is 5.29. The van der Waals surface area contributed by atoms with Crippen LogP contribution in [-0.2, 0) is 0 Å². The maximum absolute atomic E-state index is 9.31. The molecule has 3 aromatic rings. The monoisotopic (exact) mass is 324 g/mol. The smallest absolute Gasteiger partial charge is 0.391 e. The molecule has 3 nitrogen and oxygen atoms in total. The van der Waals surface area contributed by atoms with E-state index in [4.69, 9.17) is 4.52 Å². The molecule has 0 fully saturated rings. The van der Waals surface area contributed by atoms with Crippen molar-refractivity contribution in [1.82, 2.24) is 0 Å². The molecule has 23 heavy (non-hydrogen) atoms. The molecule has 0 unspecified atom stereocenters. The first-order chi connectivity index (χ1) is 11.2. The molecule has 0 aliphatic carbocycles. The van der Waals surface area contributed by atoms with Gasteiger partial charge >= 0.3 is 8.60 Å². The Balaban J connectivity index is 2.29. The highest BCUT2D eigenvalue weighted by atomic mass is 31.2. The third-order valence-electron chi connectivity index (χ3n) is 3.68. The van der Waals surface area contributed by atoms with Crippen LogP contribution in [0.15, 0.2) is 72.8 Å². The van der Waals surface area contributed by atoms with Gasteiger partial charge in [0, 0.05) is 5.56 Å². The fourth-order valence-electron chi connectivity index (χ4n) is 2.72. The van der Waals surface area contributed by atoms with Gasteiger partial charge in [0.25, 0.3) is 0 Å². The van der Waals surface area contributed by atoms with Crippen molar-refractivity contribution in [2.75, 3.05) is 0 Å². The van der Waals surface area contributed by atoms with Crippen molar-refractivity contribution in [2.24, 2.45) is 0 Å². The van der Waals surface area contributed by atoms with E-state index >= 15 is 0 Å². The van der Waals surface area contributed by atoms with Crippen LogP contribution >= 0.6 is 8.60 Å². The van der Waals surface area contributed by atoms with Gasteiger partial charge in [0.2, 0.25) is 0 Å². The van der Waals surface area contributed by atoms with Crippen LogP contribution in [-0.4, -0.2) is 9.79 Å². The minimum atomic E-state index is -2.47. The lowest BCUT2D eigenvalue weighted by Crippen LogP contribution is -1.95. The summed E-state index contributed by atoms with van der Waals surface area (Å²) in [7, 11) is -2.47. The van der Waals surface area contributed by atoms with Gasteiger partial charge < -0.3 is 14.3 Å². The average molecular weight is 324 g/mol. The predicted molar refractivity (Wildman–Crippen MR) is 94.0 cm³/mol. The molecule has 3 rings (SSSR count). The maximum Gasteiger partial charge on any atom is 0.391 e. The second-order valence-electron chi connectivity index (χ2n) is 5.21. The van der Waals surface area contributed by atoms with Gasteiger partial charge in [0.1, 0.15) is 5.75 Å². The molecule has 0 radical (unpaired) electrons. The van der Waals surface area contributed by atoms with E-state index in [0.29, 0.717) is 5.75 Å². The Hall–Kier alpha value is -2.19. The van der Waals surface area contributed by atoms with E-state index in [0.717, 1.165) is 27.8 Å². The van der Waals surface area contributed by atoms with Gasteiger partial charge in [-0.1, -0.05) is 66.7 Å². The van der Waals surface area contributed by atoms with Gasteiger partial charge in [-0.15, -0.1) is 0 Å². The Labute approximate surface area is 136 Å². The average Bonchev–Trinajstić information content (AvgIpc) is 2.57. The van der Waals surface area contributed by atoms with Crippen LogP contribution in [0.4, 0.5) is 0 Å². The SMILES string of the molecule is Cc1ccc(OP(O)O)c(-c2ccccc2)c1-c1ccccc1. The van der Waals surface area contributed by atoms with Gasteiger partial charge in [-0.25, -0.2) is 0 Å². The van der Waals surface area contributed by atoms with Gasteiger partial charge in [0.05, 0.1) is 0 Å². The Bertz CT molecular complexity index is 786. The molecule has 0 heterocycles. The van der Waals surface area contributed by atoms with Crippen LogP contribution in [0.3, 0.4) is 0 Å². The minimum Gasteiger partial charge on any atom is -0.426 e. The largest absolute Gasteiger partial charge is 0.426 e. The molecule has 0 amide bonds. The van der Waals surface area contributed by atoms with Crippen LogP contribution in [0.5, 0.6) is 5.75 Å². The Morgan fingerprint density at radius 3 is 1.74 bits per heavy atom. The molecule has 4 heteroatoms. The first-order valence-electron chi connectivity index (χ1n) is 7.27. The zero-order chi connectivity index (χ0) is 16.2. The van der Waals surface area contributed by atoms with E-state index in [1.807, 2.05) is 73.7 Å². The van der Waals surface area contributed by atoms with E-state index in [9.17, 15) is 9.79 Å². The summed E-state index contributed by atoms with van der Waals surface area (Å²) in [5.74, 6) is 0.469. The summed E-state index contributed by atoms with van der Waals surface area (Å²) in [5, 5.41) is 0. The van der Waals surface area contributed by atoms with Crippen LogP contribution in [0, 0.1) is 6.92 Å². The molecular formula is C19H17O3P. The van der Waals surface area contributed by atoms with Crippen LogP contribution in [0.1, 0.15) is 5.56 Å². The van der Waals surface area contributed by atoms with Gasteiger partial charge in [-0.05, 0) is 35.2 Å². The Morgan fingerprint density at radius 2 is 1.22 bits per heavy atom. The fourth-order valence-corrected chi connectivity index (χ4v) is 3.05. The standard InChI is InChI=1S/C19H17O3P/c1-14-12-13-17(22-23(20)21)19(16-10-6-3-7-11-16)18(14)15-8-4-2-5-9-15/h2-13,20-21H,1H3. The van der Waals surface area contributed by atoms with Crippen LogP contribution in [0.25, 0.3) is 22.3 Å². The lowest BCUT2D eigenvalue weighted by atomic mass is 9.90. The van der Waals surface area contributed by atoms with Crippen LogP contribution in [0.2, 0.25) is 0 Å². The van der Waals surface area contributed by atoms with Crippen molar-refractivity contribution < 1.29 is 14.3 Å². The quantitative estimate of drug-likeness (QED) is 0.670. The number of aryl methyl sites for hydroxylation is 1. The Morgan fingerprint density at radius 1 is 0.696 bits per heavy atom. The highest BCUT2D eigenvalue weighted by molar-refractivity contribution is 7.39. The summed E-state index contributed by atoms with van der Waals surface area (Å²) in [4.78, 5) is 18.6. The molecule has 3 aromatic carbocycles. The molecule has 0 atom stereocenters. The summed E-state index contributed by atoms with van der Waals surface area (Å²) >= 11 is 0. The van der Waals surface area contributed by atoms with E-state index in [2.05, 4.69) is 0 Å². The van der Waals surface area contributed by atoms with Gasteiger partial charge in [-0.3, -0.25) is 0 Å². The first kappa shape index (κ1) is 15.7. The van der Waals surface area contributed by atoms with Gasteiger partial charge in [0.15, 0.2) is 0 Å². The number of hydrogen-bond donors (Lipinski definition) is 2. The molecule has 0 saturated carbocycles. The van der Waals surface area contributed by atoms with Crippen molar-refractivity contribution in [3.05, 3.63) is 78.4 Å². The lowest BCUT2D eigenvalue weighted by molar-refractivity contribution is 0.375. The second kappa shape index (κ2) is 6.93. The summed E-state index contributed by atoms with van der Waals surface area (Å²) in [6, 6.07) is 23.6. The molecular weight excluding hydrogens is 307 g/mol. The number of benzene rings is 3. The highest BCUT2D eigenvalue weighted by Crippen LogP contribution is 2.44. The van der Waals surface area contributed by atoms with Crippen molar-refractivity contribution in [2.45, 2.75) is 6.92 Å². The van der Waals surface area contributed by atoms with Crippen LogP contribution < -0.4 is 4.52 Å². The normalized spacial score (nSPS) is 10.8. The van der Waals surface area contributed by atoms with Crippen molar-refractivity contribution in [3.63, 3.8) is 0 Å². The first-order valence-corrected chi connectivity index (χ1v) is 8.43. The maximum atomic E-state index is 9.31. The van der Waals surface area contributed by atoms with E-state index < -0.39 is 8.60 Å². The number of hydrogen-bond acceptors (Lipinski definition) is 3. The highest BCUT2D eigenvalue weighted by Gasteiger charge is 2.18. The topological polar surface area (TPSA) is 49.7 Å². The second-order valence-corrected chi connectivity index (χ2v) is 5.89. The minimum absolute atomic E-state index is 0.469. The van der Waals surface area contributed by atoms with E-state index in [1.54, 1.807) is 6.07 Å². The molecule has 0 saturated heterocycles. The molecule has 0 aliphatic rings. The molecule has 0 bridgehead atoms. The number of rotatable bonds is 4.